The van der Waals surface area contributed by atoms with Crippen molar-refractivity contribution in [1.29, 1.82) is 0 Å². The highest BCUT2D eigenvalue weighted by atomic mass is 16.3. The van der Waals surface area contributed by atoms with Crippen molar-refractivity contribution in [1.82, 2.24) is 0 Å². The second-order valence-corrected chi connectivity index (χ2v) is 13.3. The topological polar surface area (TPSA) is 80.9 Å². The molecule has 32 heavy (non-hydrogen) atoms. The van der Waals surface area contributed by atoms with E-state index >= 15 is 0 Å². The Kier molecular flexibility index (Phi) is 6.87. The van der Waals surface area contributed by atoms with Gasteiger partial charge in [0, 0.05) is 18.4 Å². The molecule has 4 aliphatic carbocycles. The van der Waals surface area contributed by atoms with Crippen molar-refractivity contribution in [3.8, 4) is 0 Å². The zero-order valence-electron chi connectivity index (χ0n) is 21.3. The Morgan fingerprint density at radius 2 is 1.62 bits per heavy atom. The van der Waals surface area contributed by atoms with Gasteiger partial charge in [-0.3, -0.25) is 0 Å². The lowest BCUT2D eigenvalue weighted by molar-refractivity contribution is -0.267. The Balaban J connectivity index is 1.56. The summed E-state index contributed by atoms with van der Waals surface area (Å²) in [6, 6.07) is 0. The van der Waals surface area contributed by atoms with Gasteiger partial charge < -0.3 is 20.4 Å². The van der Waals surface area contributed by atoms with Gasteiger partial charge in [0.25, 0.3) is 0 Å². The van der Waals surface area contributed by atoms with E-state index in [0.29, 0.717) is 42.4 Å². The first kappa shape index (κ1) is 24.9. The first-order valence-corrected chi connectivity index (χ1v) is 13.7. The number of hydrogen-bond acceptors (Lipinski definition) is 4. The maximum Gasteiger partial charge on any atom is 0.0985 e. The Hall–Kier alpha value is -0.160. The summed E-state index contributed by atoms with van der Waals surface area (Å²) in [5, 5.41) is 44.0. The molecule has 0 aromatic heterocycles. The molecule has 0 amide bonds. The Morgan fingerprint density at radius 3 is 2.28 bits per heavy atom. The van der Waals surface area contributed by atoms with Crippen molar-refractivity contribution in [2.45, 2.75) is 117 Å². The minimum Gasteiger partial charge on any atom is -0.396 e. The summed E-state index contributed by atoms with van der Waals surface area (Å²) in [5.74, 6) is 3.85. The van der Waals surface area contributed by atoms with E-state index in [1.54, 1.807) is 0 Å². The Labute approximate surface area is 196 Å². The van der Waals surface area contributed by atoms with Crippen LogP contribution in [-0.4, -0.2) is 44.8 Å². The molecule has 4 rings (SSSR count). The van der Waals surface area contributed by atoms with Crippen LogP contribution in [0.2, 0.25) is 0 Å². The van der Waals surface area contributed by atoms with Gasteiger partial charge in [0.05, 0.1) is 17.8 Å². The highest BCUT2D eigenvalue weighted by Gasteiger charge is 2.68. The molecule has 4 N–H and O–H groups in total. The summed E-state index contributed by atoms with van der Waals surface area (Å²) in [7, 11) is 0. The lowest BCUT2D eigenvalue weighted by Gasteiger charge is -2.65. The molecule has 0 heterocycles. The lowest BCUT2D eigenvalue weighted by atomic mass is 9.42. The van der Waals surface area contributed by atoms with Crippen LogP contribution in [0.15, 0.2) is 0 Å². The molecule has 0 aromatic rings. The number of rotatable bonds is 6. The molecule has 11 atom stereocenters. The maximum atomic E-state index is 11.6. The van der Waals surface area contributed by atoms with Gasteiger partial charge in [0.1, 0.15) is 0 Å². The van der Waals surface area contributed by atoms with Crippen LogP contribution < -0.4 is 0 Å². The van der Waals surface area contributed by atoms with E-state index in [0.717, 1.165) is 43.9 Å². The fourth-order valence-corrected chi connectivity index (χ4v) is 9.34. The van der Waals surface area contributed by atoms with Gasteiger partial charge >= 0.3 is 0 Å². The summed E-state index contributed by atoms with van der Waals surface area (Å²) < 4.78 is 0. The average Bonchev–Trinajstić information content (AvgIpc) is 3.14. The van der Waals surface area contributed by atoms with Crippen molar-refractivity contribution >= 4 is 0 Å². The predicted octanol–water partition coefficient (Wildman–Crippen LogP) is 4.77. The molecule has 11 unspecified atom stereocenters. The quantitative estimate of drug-likeness (QED) is 0.470. The molecule has 4 heteroatoms. The molecular formula is C28H50O4. The monoisotopic (exact) mass is 450 g/mol. The zero-order chi connectivity index (χ0) is 23.5. The third-order valence-corrected chi connectivity index (χ3v) is 11.8. The van der Waals surface area contributed by atoms with E-state index in [1.165, 1.54) is 19.3 Å². The molecular weight excluding hydrogens is 400 g/mol. The van der Waals surface area contributed by atoms with Crippen molar-refractivity contribution in [2.24, 2.45) is 52.3 Å². The molecule has 0 aliphatic heterocycles. The van der Waals surface area contributed by atoms with Gasteiger partial charge in [0.2, 0.25) is 0 Å². The van der Waals surface area contributed by atoms with Crippen LogP contribution in [0.4, 0.5) is 0 Å². The summed E-state index contributed by atoms with van der Waals surface area (Å²) in [6.45, 7) is 11.9. The SMILES string of the molecule is CC(C)C(C)CCC(C)C1CCC2C3CC(O)C4(O)CC(O)CCC4(C)C3CCC12CO. The fraction of sp³-hybridized carbons (Fsp3) is 1.00. The molecule has 0 saturated heterocycles. The van der Waals surface area contributed by atoms with Crippen LogP contribution in [-0.2, 0) is 0 Å². The third kappa shape index (κ3) is 3.62. The van der Waals surface area contributed by atoms with Crippen LogP contribution in [0.5, 0.6) is 0 Å². The molecule has 4 saturated carbocycles. The zero-order valence-corrected chi connectivity index (χ0v) is 21.3. The summed E-state index contributed by atoms with van der Waals surface area (Å²) in [4.78, 5) is 0. The van der Waals surface area contributed by atoms with E-state index in [2.05, 4.69) is 34.6 Å². The van der Waals surface area contributed by atoms with E-state index < -0.39 is 17.8 Å². The third-order valence-electron chi connectivity index (χ3n) is 11.8. The second kappa shape index (κ2) is 8.81. The van der Waals surface area contributed by atoms with Gasteiger partial charge in [0.15, 0.2) is 0 Å². The smallest absolute Gasteiger partial charge is 0.0985 e. The number of aliphatic hydroxyl groups excluding tert-OH is 3. The van der Waals surface area contributed by atoms with Gasteiger partial charge in [-0.25, -0.2) is 0 Å². The van der Waals surface area contributed by atoms with Crippen molar-refractivity contribution in [2.75, 3.05) is 6.61 Å². The first-order valence-electron chi connectivity index (χ1n) is 13.7. The summed E-state index contributed by atoms with van der Waals surface area (Å²) >= 11 is 0. The highest BCUT2D eigenvalue weighted by Crippen LogP contribution is 2.69. The molecule has 186 valence electrons. The minimum atomic E-state index is -1.18. The van der Waals surface area contributed by atoms with Crippen LogP contribution in [0, 0.1) is 52.3 Å². The summed E-state index contributed by atoms with van der Waals surface area (Å²) in [5.41, 5.74) is -1.53. The molecule has 0 radical (unpaired) electrons. The van der Waals surface area contributed by atoms with Crippen LogP contribution in [0.25, 0.3) is 0 Å². The first-order chi connectivity index (χ1) is 15.0. The normalized spacial score (nSPS) is 50.4. The number of fused-ring (bicyclic) bond motifs is 5. The van der Waals surface area contributed by atoms with E-state index in [1.807, 2.05) is 0 Å². The largest absolute Gasteiger partial charge is 0.396 e. The highest BCUT2D eigenvalue weighted by molar-refractivity contribution is 5.17. The molecule has 4 fully saturated rings. The minimum absolute atomic E-state index is 0.0125. The number of aliphatic hydroxyl groups is 4. The fourth-order valence-electron chi connectivity index (χ4n) is 9.34. The molecule has 4 nitrogen and oxygen atoms in total. The van der Waals surface area contributed by atoms with Crippen molar-refractivity contribution in [3.05, 3.63) is 0 Å². The van der Waals surface area contributed by atoms with Gasteiger partial charge in [-0.2, -0.15) is 0 Å². The number of hydrogen-bond donors (Lipinski definition) is 4. The Morgan fingerprint density at radius 1 is 0.906 bits per heavy atom. The maximum absolute atomic E-state index is 11.6. The van der Waals surface area contributed by atoms with Gasteiger partial charge in [-0.1, -0.05) is 47.5 Å². The predicted molar refractivity (Wildman–Crippen MR) is 128 cm³/mol. The average molecular weight is 451 g/mol. The Bertz CT molecular complexity index is 666. The van der Waals surface area contributed by atoms with Crippen molar-refractivity contribution < 1.29 is 20.4 Å². The molecule has 0 aromatic carbocycles. The van der Waals surface area contributed by atoms with Crippen LogP contribution in [0.3, 0.4) is 0 Å². The van der Waals surface area contributed by atoms with E-state index in [-0.39, 0.29) is 17.4 Å². The van der Waals surface area contributed by atoms with E-state index in [4.69, 9.17) is 0 Å². The summed E-state index contributed by atoms with van der Waals surface area (Å²) in [6.07, 6.45) is 8.09. The van der Waals surface area contributed by atoms with Gasteiger partial charge in [-0.05, 0) is 91.8 Å². The van der Waals surface area contributed by atoms with E-state index in [9.17, 15) is 20.4 Å². The van der Waals surface area contributed by atoms with Crippen LogP contribution in [0.1, 0.15) is 98.8 Å². The van der Waals surface area contributed by atoms with Crippen molar-refractivity contribution in [3.63, 3.8) is 0 Å². The standard InChI is InChI=1S/C28H50O4/c1-17(2)18(3)6-7-19(4)22-8-9-24-21-14-25(31)28(32)15-20(30)10-12-26(28,5)23(21)11-13-27(22,24)16-29/h17-25,29-32H,6-16H2,1-5H3. The molecule has 0 spiro atoms. The van der Waals surface area contributed by atoms with Gasteiger partial charge in [-0.15, -0.1) is 0 Å². The van der Waals surface area contributed by atoms with Crippen LogP contribution >= 0.6 is 0 Å². The second-order valence-electron chi connectivity index (χ2n) is 13.3. The lowest BCUT2D eigenvalue weighted by Crippen LogP contribution is -2.69. The molecule has 4 aliphatic rings. The molecule has 0 bridgehead atoms.